The number of alkyl halides is 1. The van der Waals surface area contributed by atoms with Crippen LogP contribution in [0.2, 0.25) is 0 Å². The van der Waals surface area contributed by atoms with Crippen LogP contribution >= 0.6 is 11.6 Å². The number of benzene rings is 1. The molecule has 104 valence electrons. The number of hydrogen-bond acceptors (Lipinski definition) is 1. The Bertz CT molecular complexity index is 481. The van der Waals surface area contributed by atoms with Crippen LogP contribution in [-0.2, 0) is 11.2 Å². The fourth-order valence-corrected chi connectivity index (χ4v) is 2.46. The van der Waals surface area contributed by atoms with Gasteiger partial charge in [0.15, 0.2) is 11.6 Å². The zero-order chi connectivity index (χ0) is 14.0. The van der Waals surface area contributed by atoms with Crippen LogP contribution in [0.4, 0.5) is 8.78 Å². The fraction of sp³-hybridized carbons (Fsp3) is 0.500. The van der Waals surface area contributed by atoms with E-state index in [1.165, 1.54) is 6.07 Å². The van der Waals surface area contributed by atoms with E-state index in [4.69, 9.17) is 11.6 Å². The van der Waals surface area contributed by atoms with Gasteiger partial charge in [-0.3, -0.25) is 4.79 Å². The molecule has 2 nitrogen and oxygen atoms in total. The summed E-state index contributed by atoms with van der Waals surface area (Å²) in [6.07, 6.45) is 0.864. The second-order valence-electron chi connectivity index (χ2n) is 5.05. The molecule has 2 rings (SSSR count). The topological polar surface area (TPSA) is 20.3 Å². The van der Waals surface area contributed by atoms with Gasteiger partial charge in [0.25, 0.3) is 0 Å². The van der Waals surface area contributed by atoms with E-state index in [2.05, 4.69) is 0 Å². The van der Waals surface area contributed by atoms with Gasteiger partial charge in [-0.2, -0.15) is 0 Å². The number of nitrogens with zero attached hydrogens (tertiary/aromatic N) is 1. The molecule has 1 fully saturated rings. The Hall–Kier alpha value is -1.16. The lowest BCUT2D eigenvalue weighted by atomic mass is 9.99. The molecule has 1 aliphatic heterocycles. The molecule has 0 aromatic heterocycles. The third-order valence-electron chi connectivity index (χ3n) is 3.49. The molecule has 1 heterocycles. The lowest BCUT2D eigenvalue weighted by Gasteiger charge is -2.34. The van der Waals surface area contributed by atoms with Gasteiger partial charge >= 0.3 is 0 Å². The molecule has 2 atom stereocenters. The number of hydrogen-bond donors (Lipinski definition) is 0. The molecule has 1 aliphatic rings. The lowest BCUT2D eigenvalue weighted by molar-refractivity contribution is -0.132. The monoisotopic (exact) mass is 287 g/mol. The molecule has 0 bridgehead atoms. The van der Waals surface area contributed by atoms with Gasteiger partial charge in [-0.05, 0) is 30.0 Å². The summed E-state index contributed by atoms with van der Waals surface area (Å²) in [6.45, 7) is 3.26. The largest absolute Gasteiger partial charge is 0.342 e. The summed E-state index contributed by atoms with van der Waals surface area (Å²) in [4.78, 5) is 13.8. The van der Waals surface area contributed by atoms with Crippen LogP contribution in [0.25, 0.3) is 0 Å². The first-order valence-corrected chi connectivity index (χ1v) is 6.77. The standard InChI is InChI=1S/C14H16ClF2NO/c1-9-8-18(5-4-11(9)15)14(19)7-10-2-3-12(16)13(17)6-10/h2-3,6,9,11H,4-5,7-8H2,1H3. The average Bonchev–Trinajstić information content (AvgIpc) is 2.37. The molecule has 19 heavy (non-hydrogen) atoms. The minimum absolute atomic E-state index is 0.0681. The zero-order valence-electron chi connectivity index (χ0n) is 10.7. The number of halogens is 3. The first-order valence-electron chi connectivity index (χ1n) is 6.33. The van der Waals surface area contributed by atoms with Crippen LogP contribution in [0.3, 0.4) is 0 Å². The average molecular weight is 288 g/mol. The van der Waals surface area contributed by atoms with E-state index in [-0.39, 0.29) is 23.6 Å². The van der Waals surface area contributed by atoms with E-state index in [1.807, 2.05) is 6.92 Å². The molecule has 0 saturated carbocycles. The van der Waals surface area contributed by atoms with Gasteiger partial charge in [-0.1, -0.05) is 13.0 Å². The molecule has 1 aromatic rings. The molecule has 0 N–H and O–H groups in total. The van der Waals surface area contributed by atoms with E-state index in [0.717, 1.165) is 18.6 Å². The molecule has 0 radical (unpaired) electrons. The second kappa shape index (κ2) is 5.87. The Kier molecular flexibility index (Phi) is 4.40. The van der Waals surface area contributed by atoms with E-state index in [1.54, 1.807) is 4.90 Å². The highest BCUT2D eigenvalue weighted by molar-refractivity contribution is 6.20. The van der Waals surface area contributed by atoms with Crippen LogP contribution in [0.15, 0.2) is 18.2 Å². The Balaban J connectivity index is 1.99. The maximum absolute atomic E-state index is 13.1. The van der Waals surface area contributed by atoms with Gasteiger partial charge in [-0.25, -0.2) is 8.78 Å². The molecular weight excluding hydrogens is 272 g/mol. The Morgan fingerprint density at radius 3 is 2.79 bits per heavy atom. The molecule has 1 amide bonds. The fourth-order valence-electron chi connectivity index (χ4n) is 2.28. The van der Waals surface area contributed by atoms with Crippen molar-refractivity contribution >= 4 is 17.5 Å². The highest BCUT2D eigenvalue weighted by Gasteiger charge is 2.27. The van der Waals surface area contributed by atoms with Crippen molar-refractivity contribution in [2.75, 3.05) is 13.1 Å². The van der Waals surface area contributed by atoms with Crippen LogP contribution < -0.4 is 0 Å². The second-order valence-corrected chi connectivity index (χ2v) is 5.61. The number of amides is 1. The maximum atomic E-state index is 13.1. The van der Waals surface area contributed by atoms with Crippen molar-refractivity contribution in [3.05, 3.63) is 35.4 Å². The summed E-state index contributed by atoms with van der Waals surface area (Å²) in [5.41, 5.74) is 0.490. The quantitative estimate of drug-likeness (QED) is 0.766. The highest BCUT2D eigenvalue weighted by Crippen LogP contribution is 2.22. The molecule has 1 saturated heterocycles. The number of piperidine rings is 1. The molecule has 5 heteroatoms. The van der Waals surface area contributed by atoms with Crippen LogP contribution in [0, 0.1) is 17.6 Å². The van der Waals surface area contributed by atoms with Crippen molar-refractivity contribution in [1.29, 1.82) is 0 Å². The first kappa shape index (κ1) is 14.3. The van der Waals surface area contributed by atoms with Gasteiger partial charge in [0, 0.05) is 18.5 Å². The van der Waals surface area contributed by atoms with Gasteiger partial charge in [-0.15, -0.1) is 11.6 Å². The van der Waals surface area contributed by atoms with Gasteiger partial charge < -0.3 is 4.90 Å². The van der Waals surface area contributed by atoms with Crippen LogP contribution in [0.1, 0.15) is 18.9 Å². The molecular formula is C14H16ClF2NO. The van der Waals surface area contributed by atoms with Crippen molar-refractivity contribution in [1.82, 2.24) is 4.90 Å². The van der Waals surface area contributed by atoms with E-state index in [9.17, 15) is 13.6 Å². The molecule has 0 aliphatic carbocycles. The third-order valence-corrected chi connectivity index (χ3v) is 4.14. The SMILES string of the molecule is CC1CN(C(=O)Cc2ccc(F)c(F)c2)CCC1Cl. The van der Waals surface area contributed by atoms with Gasteiger partial charge in [0.1, 0.15) is 0 Å². The van der Waals surface area contributed by atoms with Crippen LogP contribution in [0.5, 0.6) is 0 Å². The number of rotatable bonds is 2. The number of carbonyl (C=O) groups is 1. The van der Waals surface area contributed by atoms with Crippen molar-refractivity contribution in [3.8, 4) is 0 Å². The van der Waals surface area contributed by atoms with E-state index < -0.39 is 11.6 Å². The van der Waals surface area contributed by atoms with Crippen molar-refractivity contribution in [2.45, 2.75) is 25.1 Å². The van der Waals surface area contributed by atoms with E-state index >= 15 is 0 Å². The summed E-state index contributed by atoms with van der Waals surface area (Å²) < 4.78 is 25.9. The van der Waals surface area contributed by atoms with Crippen molar-refractivity contribution in [3.63, 3.8) is 0 Å². The summed E-state index contributed by atoms with van der Waals surface area (Å²) in [7, 11) is 0. The predicted molar refractivity (Wildman–Crippen MR) is 70.1 cm³/mol. The minimum Gasteiger partial charge on any atom is -0.342 e. The molecule has 0 spiro atoms. The molecule has 1 aromatic carbocycles. The predicted octanol–water partition coefficient (Wildman–Crippen LogP) is 2.98. The number of carbonyl (C=O) groups excluding carboxylic acids is 1. The van der Waals surface area contributed by atoms with Crippen LogP contribution in [-0.4, -0.2) is 29.3 Å². The summed E-state index contributed by atoms with van der Waals surface area (Å²) in [5.74, 6) is -1.63. The lowest BCUT2D eigenvalue weighted by Crippen LogP contribution is -2.44. The van der Waals surface area contributed by atoms with Gasteiger partial charge in [0.05, 0.1) is 6.42 Å². The Labute approximate surface area is 116 Å². The van der Waals surface area contributed by atoms with Gasteiger partial charge in [0.2, 0.25) is 5.91 Å². The van der Waals surface area contributed by atoms with Crippen molar-refractivity contribution < 1.29 is 13.6 Å². The maximum Gasteiger partial charge on any atom is 0.227 e. The Morgan fingerprint density at radius 1 is 1.42 bits per heavy atom. The summed E-state index contributed by atoms with van der Waals surface area (Å²) in [6, 6.07) is 3.56. The van der Waals surface area contributed by atoms with Crippen molar-refractivity contribution in [2.24, 2.45) is 5.92 Å². The zero-order valence-corrected chi connectivity index (χ0v) is 11.5. The highest BCUT2D eigenvalue weighted by atomic mass is 35.5. The smallest absolute Gasteiger partial charge is 0.227 e. The normalized spacial score (nSPS) is 23.5. The first-order chi connectivity index (χ1) is 8.97. The third kappa shape index (κ3) is 3.44. The van der Waals surface area contributed by atoms with E-state index in [0.29, 0.717) is 18.7 Å². The summed E-state index contributed by atoms with van der Waals surface area (Å²) in [5, 5.41) is 0.104. The number of likely N-dealkylation sites (tertiary alicyclic amines) is 1. The Morgan fingerprint density at radius 2 is 2.16 bits per heavy atom. The molecule has 2 unspecified atom stereocenters. The summed E-state index contributed by atoms with van der Waals surface area (Å²) >= 11 is 6.11. The minimum atomic E-state index is -0.918.